The number of aromatic nitrogens is 1. The van der Waals surface area contributed by atoms with Gasteiger partial charge in [0, 0.05) is 24.8 Å². The van der Waals surface area contributed by atoms with Crippen LogP contribution in [0, 0.1) is 20.8 Å². The number of nitrogens with one attached hydrogen (secondary N) is 1. The molecule has 1 atom stereocenters. The summed E-state index contributed by atoms with van der Waals surface area (Å²) in [6.07, 6.45) is 1.24. The molecule has 0 bridgehead atoms. The van der Waals surface area contributed by atoms with Crippen LogP contribution in [0.4, 0.5) is 0 Å². The molecule has 0 aliphatic carbocycles. The van der Waals surface area contributed by atoms with E-state index in [1.165, 1.54) is 18.3 Å². The third-order valence-electron chi connectivity index (χ3n) is 6.80. The summed E-state index contributed by atoms with van der Waals surface area (Å²) in [5, 5.41) is 9.45. The van der Waals surface area contributed by atoms with Gasteiger partial charge >= 0.3 is 0 Å². The molecule has 2 aromatic carbocycles. The van der Waals surface area contributed by atoms with E-state index in [1.54, 1.807) is 13.0 Å². The van der Waals surface area contributed by atoms with E-state index in [9.17, 15) is 18.3 Å². The van der Waals surface area contributed by atoms with Gasteiger partial charge in [-0.3, -0.25) is 9.69 Å². The van der Waals surface area contributed by atoms with E-state index in [4.69, 9.17) is 4.74 Å². The molecule has 1 aliphatic rings. The van der Waals surface area contributed by atoms with E-state index >= 15 is 0 Å². The number of sulfonamides is 1. The fourth-order valence-electron chi connectivity index (χ4n) is 4.98. The molecule has 36 heavy (non-hydrogen) atoms. The first-order chi connectivity index (χ1) is 17.0. The third kappa shape index (κ3) is 4.44. The van der Waals surface area contributed by atoms with Gasteiger partial charge in [0.2, 0.25) is 5.03 Å². The quantitative estimate of drug-likeness (QED) is 0.498. The Morgan fingerprint density at radius 2 is 1.86 bits per heavy atom. The zero-order chi connectivity index (χ0) is 26.3. The predicted molar refractivity (Wildman–Crippen MR) is 136 cm³/mol. The lowest BCUT2D eigenvalue weighted by Gasteiger charge is -2.35. The summed E-state index contributed by atoms with van der Waals surface area (Å²) in [7, 11) is -4.43. The average Bonchev–Trinajstić information content (AvgIpc) is 3.10. The van der Waals surface area contributed by atoms with Crippen molar-refractivity contribution in [2.24, 2.45) is 0 Å². The van der Waals surface area contributed by atoms with Gasteiger partial charge < -0.3 is 9.84 Å². The predicted octanol–water partition coefficient (Wildman–Crippen LogP) is 3.85. The van der Waals surface area contributed by atoms with Crippen molar-refractivity contribution in [2.75, 3.05) is 6.61 Å². The molecule has 0 spiro atoms. The second-order valence-electron chi connectivity index (χ2n) is 9.28. The number of pyridine rings is 1. The van der Waals surface area contributed by atoms with Gasteiger partial charge in [-0.15, -0.1) is 0 Å². The molecular weight excluding hydrogens is 478 g/mol. The molecular formula is C27H31N3O5S. The molecule has 2 N–H and O–H groups in total. The van der Waals surface area contributed by atoms with Crippen molar-refractivity contribution < 1.29 is 23.1 Å². The first-order valence-corrected chi connectivity index (χ1v) is 13.3. The summed E-state index contributed by atoms with van der Waals surface area (Å²) in [6.45, 7) is 11.0. The fourth-order valence-corrected chi connectivity index (χ4v) is 6.07. The van der Waals surface area contributed by atoms with Crippen molar-refractivity contribution in [1.82, 2.24) is 14.6 Å². The first kappa shape index (κ1) is 25.7. The smallest absolute Gasteiger partial charge is 0.285 e. The van der Waals surface area contributed by atoms with Crippen LogP contribution in [0.5, 0.6) is 11.5 Å². The molecule has 9 heteroatoms. The van der Waals surface area contributed by atoms with Crippen molar-refractivity contribution in [1.29, 1.82) is 0 Å². The Hall–Kier alpha value is -3.43. The molecule has 3 aromatic rings. The van der Waals surface area contributed by atoms with E-state index in [-0.39, 0.29) is 0 Å². The lowest BCUT2D eigenvalue weighted by molar-refractivity contribution is -0.131. The Labute approximate surface area is 212 Å². The number of rotatable bonds is 7. The van der Waals surface area contributed by atoms with Crippen LogP contribution in [-0.2, 0) is 33.4 Å². The van der Waals surface area contributed by atoms with Crippen LogP contribution in [0.25, 0.3) is 0 Å². The zero-order valence-electron chi connectivity index (χ0n) is 21.1. The van der Waals surface area contributed by atoms with Crippen molar-refractivity contribution in [3.8, 4) is 11.5 Å². The Balaban J connectivity index is 1.80. The highest BCUT2D eigenvalue weighted by atomic mass is 32.2. The molecule has 0 fully saturated rings. The van der Waals surface area contributed by atoms with Crippen LogP contribution >= 0.6 is 0 Å². The second-order valence-corrected chi connectivity index (χ2v) is 10.9. The minimum absolute atomic E-state index is 0.400. The summed E-state index contributed by atoms with van der Waals surface area (Å²) in [6, 6.07) is 12.3. The fraction of sp³-hybridized carbons (Fsp3) is 0.333. The van der Waals surface area contributed by atoms with Crippen molar-refractivity contribution in [3.05, 3.63) is 82.0 Å². The number of aromatic hydroxyl groups is 1. The van der Waals surface area contributed by atoms with Gasteiger partial charge in [0.1, 0.15) is 11.3 Å². The van der Waals surface area contributed by atoms with Crippen LogP contribution in [0.3, 0.4) is 0 Å². The molecule has 8 nitrogen and oxygen atoms in total. The monoisotopic (exact) mass is 509 g/mol. The van der Waals surface area contributed by atoms with E-state index < -0.39 is 32.2 Å². The number of nitrogens with zero attached hydrogens (tertiary/aromatic N) is 2. The van der Waals surface area contributed by atoms with E-state index in [2.05, 4.69) is 21.8 Å². The van der Waals surface area contributed by atoms with Gasteiger partial charge in [0.05, 0.1) is 6.61 Å². The summed E-state index contributed by atoms with van der Waals surface area (Å²) < 4.78 is 34.1. The highest BCUT2D eigenvalue weighted by Crippen LogP contribution is 2.44. The maximum absolute atomic E-state index is 13.8. The Kier molecular flexibility index (Phi) is 6.81. The molecule has 190 valence electrons. The second kappa shape index (κ2) is 9.55. The zero-order valence-corrected chi connectivity index (χ0v) is 21.9. The number of carbonyl (C=O) groups is 1. The largest absolute Gasteiger partial charge is 0.505 e. The Bertz CT molecular complexity index is 1410. The standard InChI is InChI=1S/C27H31N3O5S/c1-6-35-24-11-7-9-22-21(24)16-30(15-20-18(3)13-17(2)14-19(20)4)27(22,5)26(32)29-36(33,34)25-23(31)10-8-12-28-25/h7-14,31H,6,15-16H2,1-5H3,(H,29,32). The number of ether oxygens (including phenoxy) is 1. The van der Waals surface area contributed by atoms with Crippen LogP contribution in [0.2, 0.25) is 0 Å². The highest BCUT2D eigenvalue weighted by Gasteiger charge is 2.49. The summed E-state index contributed by atoms with van der Waals surface area (Å²) in [5.41, 5.74) is 4.62. The van der Waals surface area contributed by atoms with Gasteiger partial charge in [-0.05, 0) is 75.1 Å². The third-order valence-corrected chi connectivity index (χ3v) is 8.08. The van der Waals surface area contributed by atoms with E-state index in [1.807, 2.05) is 44.7 Å². The van der Waals surface area contributed by atoms with Crippen molar-refractivity contribution >= 4 is 15.9 Å². The van der Waals surface area contributed by atoms with E-state index in [0.29, 0.717) is 31.0 Å². The van der Waals surface area contributed by atoms with Crippen molar-refractivity contribution in [3.63, 3.8) is 0 Å². The number of carbonyl (C=O) groups excluding carboxylic acids is 1. The topological polar surface area (TPSA) is 109 Å². The van der Waals surface area contributed by atoms with Crippen LogP contribution in [0.1, 0.15) is 47.2 Å². The summed E-state index contributed by atoms with van der Waals surface area (Å²) in [5.74, 6) is -0.599. The van der Waals surface area contributed by atoms with Gasteiger partial charge in [0.25, 0.3) is 15.9 Å². The average molecular weight is 510 g/mol. The molecule has 2 heterocycles. The number of fused-ring (bicyclic) bond motifs is 1. The molecule has 1 unspecified atom stereocenters. The molecule has 1 aromatic heterocycles. The number of aryl methyl sites for hydroxylation is 3. The number of amides is 1. The van der Waals surface area contributed by atoms with Crippen LogP contribution < -0.4 is 9.46 Å². The van der Waals surface area contributed by atoms with Crippen LogP contribution in [-0.4, -0.2) is 35.9 Å². The molecule has 1 amide bonds. The molecule has 0 saturated carbocycles. The van der Waals surface area contributed by atoms with Crippen LogP contribution in [0.15, 0.2) is 53.7 Å². The maximum atomic E-state index is 13.8. The molecule has 0 saturated heterocycles. The van der Waals surface area contributed by atoms with Gasteiger partial charge in [-0.25, -0.2) is 9.71 Å². The first-order valence-electron chi connectivity index (χ1n) is 11.8. The molecule has 0 radical (unpaired) electrons. The number of hydrogen-bond donors (Lipinski definition) is 2. The molecule has 1 aliphatic heterocycles. The number of benzene rings is 2. The lowest BCUT2D eigenvalue weighted by atomic mass is 9.89. The minimum Gasteiger partial charge on any atom is -0.505 e. The van der Waals surface area contributed by atoms with Crippen molar-refractivity contribution in [2.45, 2.75) is 58.3 Å². The normalized spacial score (nSPS) is 17.6. The van der Waals surface area contributed by atoms with Gasteiger partial charge in [-0.1, -0.05) is 29.8 Å². The van der Waals surface area contributed by atoms with E-state index in [0.717, 1.165) is 27.8 Å². The Morgan fingerprint density at radius 1 is 1.17 bits per heavy atom. The van der Waals surface area contributed by atoms with Gasteiger partial charge in [-0.2, -0.15) is 8.42 Å². The SMILES string of the molecule is CCOc1cccc2c1CN(Cc1c(C)cc(C)cc1C)C2(C)C(=O)NS(=O)(=O)c1ncccc1O. The number of hydrogen-bond acceptors (Lipinski definition) is 7. The lowest BCUT2D eigenvalue weighted by Crippen LogP contribution is -2.52. The summed E-state index contributed by atoms with van der Waals surface area (Å²) in [4.78, 5) is 19.6. The molecule has 4 rings (SSSR count). The summed E-state index contributed by atoms with van der Waals surface area (Å²) >= 11 is 0. The maximum Gasteiger partial charge on any atom is 0.285 e. The minimum atomic E-state index is -4.43. The van der Waals surface area contributed by atoms with Gasteiger partial charge in [0.15, 0.2) is 5.75 Å². The Morgan fingerprint density at radius 3 is 2.50 bits per heavy atom. The highest BCUT2D eigenvalue weighted by molar-refractivity contribution is 7.90.